The third-order valence-corrected chi connectivity index (χ3v) is 10.9. The number of hydrogen-bond acceptors (Lipinski definition) is 4. The van der Waals surface area contributed by atoms with Crippen LogP contribution in [-0.2, 0) is 16.2 Å². The van der Waals surface area contributed by atoms with Crippen LogP contribution in [0.25, 0.3) is 0 Å². The second-order valence-electron chi connectivity index (χ2n) is 17.8. The zero-order valence-corrected chi connectivity index (χ0v) is 32.1. The average Bonchev–Trinajstić information content (AvgIpc) is 3.32. The van der Waals surface area contributed by atoms with E-state index in [1.54, 1.807) is 0 Å². The van der Waals surface area contributed by atoms with Gasteiger partial charge in [-0.3, -0.25) is 0 Å². The smallest absolute Gasteiger partial charge is 0.252 e. The molecule has 0 radical (unpaired) electrons. The Hall–Kier alpha value is -4.64. The van der Waals surface area contributed by atoms with Crippen LogP contribution in [0.3, 0.4) is 0 Å². The van der Waals surface area contributed by atoms with Crippen LogP contribution < -0.4 is 35.7 Å². The molecule has 3 heterocycles. The van der Waals surface area contributed by atoms with E-state index in [4.69, 9.17) is 9.47 Å². The van der Waals surface area contributed by atoms with Gasteiger partial charge in [-0.2, -0.15) is 0 Å². The summed E-state index contributed by atoms with van der Waals surface area (Å²) in [6.07, 6.45) is 0.859. The average molecular weight is 675 g/mol. The minimum Gasteiger partial charge on any atom is -0.489 e. The topological polar surface area (TPSA) is 24.9 Å². The molecule has 0 bridgehead atoms. The fourth-order valence-electron chi connectivity index (χ4n) is 8.08. The van der Waals surface area contributed by atoms with E-state index in [9.17, 15) is 0 Å². The maximum absolute atomic E-state index is 6.53. The van der Waals surface area contributed by atoms with Gasteiger partial charge in [0.25, 0.3) is 6.71 Å². The van der Waals surface area contributed by atoms with Gasteiger partial charge in [0, 0.05) is 34.9 Å². The molecule has 0 aromatic heterocycles. The number of rotatable bonds is 2. The van der Waals surface area contributed by atoms with Crippen LogP contribution >= 0.6 is 0 Å². The monoisotopic (exact) mass is 674 g/mol. The number of nitrogens with zero attached hydrogens (tertiary/aromatic N) is 2. The van der Waals surface area contributed by atoms with Crippen LogP contribution in [0.2, 0.25) is 0 Å². The first kappa shape index (κ1) is 33.5. The van der Waals surface area contributed by atoms with Crippen molar-refractivity contribution in [3.8, 4) is 11.5 Å². The molecule has 0 N–H and O–H groups in total. The second-order valence-corrected chi connectivity index (χ2v) is 17.8. The Labute approximate surface area is 305 Å². The molecular formula is C46H51BN2O2. The normalized spacial score (nSPS) is 15.2. The molecule has 5 aromatic carbocycles. The lowest BCUT2D eigenvalue weighted by atomic mass is 9.33. The van der Waals surface area contributed by atoms with Crippen molar-refractivity contribution in [2.75, 3.05) is 23.0 Å². The number of para-hydroxylation sites is 1. The molecule has 0 amide bonds. The van der Waals surface area contributed by atoms with Crippen LogP contribution in [0.1, 0.15) is 91.0 Å². The van der Waals surface area contributed by atoms with Gasteiger partial charge < -0.3 is 19.3 Å². The fourth-order valence-corrected chi connectivity index (χ4v) is 8.08. The first-order valence-corrected chi connectivity index (χ1v) is 18.6. The Morgan fingerprint density at radius 1 is 0.529 bits per heavy atom. The van der Waals surface area contributed by atoms with Gasteiger partial charge in [-0.15, -0.1) is 0 Å². The predicted octanol–water partition coefficient (Wildman–Crippen LogP) is 10.1. The highest BCUT2D eigenvalue weighted by Crippen LogP contribution is 2.49. The first-order valence-electron chi connectivity index (χ1n) is 18.6. The summed E-state index contributed by atoms with van der Waals surface area (Å²) >= 11 is 0. The van der Waals surface area contributed by atoms with Crippen LogP contribution in [0, 0.1) is 6.92 Å². The summed E-state index contributed by atoms with van der Waals surface area (Å²) in [5.74, 6) is 1.62. The number of ether oxygens (including phenoxy) is 2. The molecule has 0 unspecified atom stereocenters. The van der Waals surface area contributed by atoms with Crippen molar-refractivity contribution < 1.29 is 9.47 Å². The highest BCUT2D eigenvalue weighted by Gasteiger charge is 2.45. The Morgan fingerprint density at radius 3 is 1.65 bits per heavy atom. The number of benzene rings is 5. The van der Waals surface area contributed by atoms with Gasteiger partial charge in [-0.1, -0.05) is 105 Å². The van der Waals surface area contributed by atoms with Gasteiger partial charge in [0.2, 0.25) is 0 Å². The zero-order valence-electron chi connectivity index (χ0n) is 32.1. The van der Waals surface area contributed by atoms with E-state index in [-0.39, 0.29) is 23.0 Å². The van der Waals surface area contributed by atoms with E-state index in [2.05, 4.69) is 164 Å². The third-order valence-electron chi connectivity index (χ3n) is 10.9. The van der Waals surface area contributed by atoms with Crippen molar-refractivity contribution in [2.45, 2.75) is 91.9 Å². The molecule has 3 aliphatic heterocycles. The number of hydrogen-bond donors (Lipinski definition) is 0. The van der Waals surface area contributed by atoms with Crippen molar-refractivity contribution >= 4 is 57.2 Å². The second kappa shape index (κ2) is 11.7. The molecule has 0 saturated carbocycles. The van der Waals surface area contributed by atoms with Crippen LogP contribution in [-0.4, -0.2) is 19.9 Å². The zero-order chi connectivity index (χ0) is 36.0. The quantitative estimate of drug-likeness (QED) is 0.171. The summed E-state index contributed by atoms with van der Waals surface area (Å²) in [7, 11) is 0. The van der Waals surface area contributed by atoms with Crippen molar-refractivity contribution in [1.82, 2.24) is 0 Å². The Balaban J connectivity index is 1.47. The lowest BCUT2D eigenvalue weighted by Crippen LogP contribution is -2.61. The molecule has 4 nitrogen and oxygen atoms in total. The summed E-state index contributed by atoms with van der Waals surface area (Å²) in [5.41, 5.74) is 16.3. The maximum atomic E-state index is 6.53. The third kappa shape index (κ3) is 5.61. The largest absolute Gasteiger partial charge is 0.489 e. The molecule has 0 atom stereocenters. The van der Waals surface area contributed by atoms with Gasteiger partial charge in [0.1, 0.15) is 0 Å². The van der Waals surface area contributed by atoms with Crippen LogP contribution in [0.4, 0.5) is 34.1 Å². The molecular weight excluding hydrogens is 623 g/mol. The summed E-state index contributed by atoms with van der Waals surface area (Å²) in [6, 6.07) is 34.7. The van der Waals surface area contributed by atoms with Crippen molar-refractivity contribution in [3.05, 3.63) is 113 Å². The summed E-state index contributed by atoms with van der Waals surface area (Å²) in [5, 5.41) is 0. The van der Waals surface area contributed by atoms with Crippen molar-refractivity contribution in [3.63, 3.8) is 0 Å². The molecule has 0 spiro atoms. The summed E-state index contributed by atoms with van der Waals surface area (Å²) in [6.45, 7) is 24.3. The van der Waals surface area contributed by atoms with Gasteiger partial charge in [-0.05, 0) is 110 Å². The van der Waals surface area contributed by atoms with E-state index in [0.717, 1.165) is 23.6 Å². The molecule has 5 heteroatoms. The Morgan fingerprint density at radius 2 is 1.06 bits per heavy atom. The van der Waals surface area contributed by atoms with Crippen LogP contribution in [0.15, 0.2) is 91.0 Å². The van der Waals surface area contributed by atoms with Gasteiger partial charge in [0.05, 0.1) is 18.9 Å². The minimum absolute atomic E-state index is 0.000337. The van der Waals surface area contributed by atoms with E-state index >= 15 is 0 Å². The van der Waals surface area contributed by atoms with E-state index < -0.39 is 0 Å². The lowest BCUT2D eigenvalue weighted by Gasteiger charge is -2.45. The first-order chi connectivity index (χ1) is 24.1. The standard InChI is InChI=1S/C46H51BN2O2/c1-29-25-39-42-40(26-29)49(38-13-11-14-41-43(38)51-24-12-23-50-41)37-22-18-32(46(8,9)10)28-35(37)47(42)34-27-31(45(5,6)7)17-21-36(34)48(39)33-19-15-30(16-20-33)44(2,3)4/h11,13-22,25-28H,12,23-24H2,1-10H3. The molecule has 51 heavy (non-hydrogen) atoms. The number of aryl methyl sites for hydroxylation is 1. The fraction of sp³-hybridized carbons (Fsp3) is 0.348. The maximum Gasteiger partial charge on any atom is 0.252 e. The molecule has 0 saturated heterocycles. The number of fused-ring (bicyclic) bond motifs is 5. The lowest BCUT2D eigenvalue weighted by molar-refractivity contribution is 0.297. The predicted molar refractivity (Wildman–Crippen MR) is 217 cm³/mol. The van der Waals surface area contributed by atoms with Gasteiger partial charge >= 0.3 is 0 Å². The molecule has 260 valence electrons. The van der Waals surface area contributed by atoms with E-state index in [1.807, 2.05) is 6.07 Å². The molecule has 0 aliphatic carbocycles. The Kier molecular flexibility index (Phi) is 7.69. The summed E-state index contributed by atoms with van der Waals surface area (Å²) in [4.78, 5) is 4.97. The van der Waals surface area contributed by atoms with Gasteiger partial charge in [0.15, 0.2) is 11.5 Å². The van der Waals surface area contributed by atoms with E-state index in [0.29, 0.717) is 13.2 Å². The van der Waals surface area contributed by atoms with Crippen LogP contribution in [0.5, 0.6) is 11.5 Å². The Bertz CT molecular complexity index is 2160. The molecule has 8 rings (SSSR count). The van der Waals surface area contributed by atoms with Crippen molar-refractivity contribution in [1.29, 1.82) is 0 Å². The highest BCUT2D eigenvalue weighted by molar-refractivity contribution is 7.00. The number of anilines is 6. The molecule has 3 aliphatic rings. The van der Waals surface area contributed by atoms with E-state index in [1.165, 1.54) is 67.1 Å². The summed E-state index contributed by atoms with van der Waals surface area (Å²) < 4.78 is 12.8. The minimum atomic E-state index is -0.0113. The van der Waals surface area contributed by atoms with Gasteiger partial charge in [-0.25, -0.2) is 0 Å². The highest BCUT2D eigenvalue weighted by atomic mass is 16.5. The SMILES string of the molecule is Cc1cc2c3c(c1)N(c1cccc4c1OCCCO4)c1ccc(C(C)(C)C)cc1B3c1cc(C(C)(C)C)ccc1N2c1ccc(C(C)(C)C)cc1. The molecule has 0 fully saturated rings. The van der Waals surface area contributed by atoms with Crippen molar-refractivity contribution in [2.24, 2.45) is 0 Å². The molecule has 5 aromatic rings.